The summed E-state index contributed by atoms with van der Waals surface area (Å²) < 4.78 is 4.58. The Bertz CT molecular complexity index is 183. The molecule has 0 spiro atoms. The molecule has 0 fully saturated rings. The molecule has 0 radical (unpaired) electrons. The van der Waals surface area contributed by atoms with E-state index in [4.69, 9.17) is 6.42 Å². The molecule has 0 aromatic rings. The number of esters is 1. The Morgan fingerprint density at radius 3 is 2.67 bits per heavy atom. The molecule has 0 rings (SSSR count). The van der Waals surface area contributed by atoms with E-state index in [0.717, 1.165) is 0 Å². The van der Waals surface area contributed by atoms with Gasteiger partial charge in [0.15, 0.2) is 0 Å². The molecular weight excluding hydrogens is 154 g/mol. The molecule has 3 heteroatoms. The fourth-order valence-corrected chi connectivity index (χ4v) is 0.845. The first-order valence-electron chi connectivity index (χ1n) is 3.95. The number of methoxy groups -OCH3 is 1. The van der Waals surface area contributed by atoms with Crippen LogP contribution in [0.4, 0.5) is 0 Å². The second-order valence-electron chi connectivity index (χ2n) is 2.54. The lowest BCUT2D eigenvalue weighted by Gasteiger charge is -2.16. The zero-order valence-corrected chi connectivity index (χ0v) is 7.76. The van der Waals surface area contributed by atoms with Crippen molar-refractivity contribution in [3.8, 4) is 12.3 Å². The van der Waals surface area contributed by atoms with Gasteiger partial charge < -0.3 is 4.74 Å². The molecule has 0 heterocycles. The minimum atomic E-state index is -0.291. The van der Waals surface area contributed by atoms with E-state index in [1.54, 1.807) is 0 Å². The molecule has 12 heavy (non-hydrogen) atoms. The molecular formula is C9H15NO2. The van der Waals surface area contributed by atoms with Gasteiger partial charge >= 0.3 is 5.97 Å². The number of nitrogens with one attached hydrogen (secondary N) is 1. The van der Waals surface area contributed by atoms with Crippen LogP contribution in [-0.4, -0.2) is 25.2 Å². The SMILES string of the molecule is C#CC(C)NC(CC)C(=O)OC. The van der Waals surface area contributed by atoms with E-state index in [1.165, 1.54) is 7.11 Å². The van der Waals surface area contributed by atoms with Gasteiger partial charge in [0.05, 0.1) is 13.2 Å². The Morgan fingerprint density at radius 1 is 1.75 bits per heavy atom. The van der Waals surface area contributed by atoms with Gasteiger partial charge in [-0.2, -0.15) is 0 Å². The fourth-order valence-electron chi connectivity index (χ4n) is 0.845. The largest absolute Gasteiger partial charge is 0.468 e. The Hall–Kier alpha value is -1.01. The maximum Gasteiger partial charge on any atom is 0.322 e. The molecule has 3 nitrogen and oxygen atoms in total. The van der Waals surface area contributed by atoms with Crippen molar-refractivity contribution >= 4 is 5.97 Å². The molecule has 0 aromatic carbocycles. The van der Waals surface area contributed by atoms with Crippen molar-refractivity contribution in [1.29, 1.82) is 0 Å². The van der Waals surface area contributed by atoms with Crippen LogP contribution in [0.3, 0.4) is 0 Å². The van der Waals surface area contributed by atoms with E-state index in [2.05, 4.69) is 16.0 Å². The van der Waals surface area contributed by atoms with E-state index in [1.807, 2.05) is 13.8 Å². The van der Waals surface area contributed by atoms with E-state index >= 15 is 0 Å². The summed E-state index contributed by atoms with van der Waals surface area (Å²) in [6, 6.07) is -0.393. The van der Waals surface area contributed by atoms with E-state index in [-0.39, 0.29) is 18.1 Å². The second-order valence-corrected chi connectivity index (χ2v) is 2.54. The summed E-state index contributed by atoms with van der Waals surface area (Å²) in [5.41, 5.74) is 0. The maximum absolute atomic E-state index is 11.0. The molecule has 0 aliphatic carbocycles. The third kappa shape index (κ3) is 3.40. The first kappa shape index (κ1) is 11.0. The molecule has 0 aliphatic rings. The Labute approximate surface area is 73.5 Å². The maximum atomic E-state index is 11.0. The predicted octanol–water partition coefficient (Wildman–Crippen LogP) is 0.549. The van der Waals surface area contributed by atoms with Crippen LogP contribution >= 0.6 is 0 Å². The molecule has 2 atom stereocenters. The van der Waals surface area contributed by atoms with Crippen LogP contribution in [0.2, 0.25) is 0 Å². The molecule has 0 amide bonds. The third-order valence-electron chi connectivity index (χ3n) is 1.60. The highest BCUT2D eigenvalue weighted by atomic mass is 16.5. The van der Waals surface area contributed by atoms with Crippen molar-refractivity contribution in [2.75, 3.05) is 7.11 Å². The van der Waals surface area contributed by atoms with Crippen molar-refractivity contribution in [2.24, 2.45) is 0 Å². The van der Waals surface area contributed by atoms with E-state index in [0.29, 0.717) is 6.42 Å². The van der Waals surface area contributed by atoms with Crippen molar-refractivity contribution in [3.05, 3.63) is 0 Å². The van der Waals surface area contributed by atoms with Crippen LogP contribution in [0.1, 0.15) is 20.3 Å². The summed E-state index contributed by atoms with van der Waals surface area (Å²) in [5, 5.41) is 2.96. The number of terminal acetylenes is 1. The molecule has 0 aliphatic heterocycles. The van der Waals surface area contributed by atoms with Crippen LogP contribution in [0.15, 0.2) is 0 Å². The zero-order valence-electron chi connectivity index (χ0n) is 7.76. The lowest BCUT2D eigenvalue weighted by Crippen LogP contribution is -2.41. The van der Waals surface area contributed by atoms with Gasteiger partial charge in [0.25, 0.3) is 0 Å². The van der Waals surface area contributed by atoms with Gasteiger partial charge in [0.2, 0.25) is 0 Å². The van der Waals surface area contributed by atoms with Gasteiger partial charge in [-0.05, 0) is 13.3 Å². The minimum Gasteiger partial charge on any atom is -0.468 e. The molecule has 0 aromatic heterocycles. The highest BCUT2D eigenvalue weighted by Gasteiger charge is 2.17. The van der Waals surface area contributed by atoms with Crippen molar-refractivity contribution in [1.82, 2.24) is 5.32 Å². The Morgan fingerprint density at radius 2 is 2.33 bits per heavy atom. The molecule has 0 saturated heterocycles. The van der Waals surface area contributed by atoms with Gasteiger partial charge in [0.1, 0.15) is 6.04 Å². The molecule has 0 bridgehead atoms. The number of ether oxygens (including phenoxy) is 1. The lowest BCUT2D eigenvalue weighted by atomic mass is 10.2. The molecule has 0 saturated carbocycles. The summed E-state index contributed by atoms with van der Waals surface area (Å²) >= 11 is 0. The first-order valence-corrected chi connectivity index (χ1v) is 3.95. The van der Waals surface area contributed by atoms with Gasteiger partial charge in [-0.25, -0.2) is 0 Å². The lowest BCUT2D eigenvalue weighted by molar-refractivity contribution is -0.143. The molecule has 68 valence electrons. The van der Waals surface area contributed by atoms with Crippen LogP contribution in [0.25, 0.3) is 0 Å². The summed E-state index contributed by atoms with van der Waals surface area (Å²) in [4.78, 5) is 11.0. The molecule has 1 N–H and O–H groups in total. The highest BCUT2D eigenvalue weighted by Crippen LogP contribution is 1.95. The first-order chi connectivity index (χ1) is 5.65. The summed E-state index contributed by atoms with van der Waals surface area (Å²) in [6.07, 6.45) is 5.83. The standard InChI is InChI=1S/C9H15NO2/c1-5-7(3)10-8(6-2)9(11)12-4/h1,7-8,10H,6H2,2-4H3. The van der Waals surface area contributed by atoms with Gasteiger partial charge in [-0.3, -0.25) is 10.1 Å². The smallest absolute Gasteiger partial charge is 0.322 e. The number of carbonyl (C=O) groups excluding carboxylic acids is 1. The minimum absolute atomic E-state index is 0.103. The van der Waals surface area contributed by atoms with E-state index < -0.39 is 0 Å². The molecule has 2 unspecified atom stereocenters. The van der Waals surface area contributed by atoms with Gasteiger partial charge in [-0.1, -0.05) is 12.8 Å². The van der Waals surface area contributed by atoms with Crippen LogP contribution in [-0.2, 0) is 9.53 Å². The van der Waals surface area contributed by atoms with Gasteiger partial charge in [0, 0.05) is 0 Å². The number of rotatable bonds is 4. The zero-order chi connectivity index (χ0) is 9.56. The summed E-state index contributed by atoms with van der Waals surface area (Å²) in [5.74, 6) is 2.23. The van der Waals surface area contributed by atoms with Crippen LogP contribution in [0.5, 0.6) is 0 Å². The number of hydrogen-bond acceptors (Lipinski definition) is 3. The second kappa shape index (κ2) is 5.62. The number of carbonyl (C=O) groups is 1. The van der Waals surface area contributed by atoms with Crippen molar-refractivity contribution < 1.29 is 9.53 Å². The van der Waals surface area contributed by atoms with Gasteiger partial charge in [-0.15, -0.1) is 6.42 Å². The van der Waals surface area contributed by atoms with Crippen LogP contribution < -0.4 is 5.32 Å². The Balaban J connectivity index is 4.01. The monoisotopic (exact) mass is 169 g/mol. The normalized spacial score (nSPS) is 14.5. The van der Waals surface area contributed by atoms with E-state index in [9.17, 15) is 4.79 Å². The quantitative estimate of drug-likeness (QED) is 0.493. The predicted molar refractivity (Wildman–Crippen MR) is 47.5 cm³/mol. The average molecular weight is 169 g/mol. The van der Waals surface area contributed by atoms with Crippen LogP contribution in [0, 0.1) is 12.3 Å². The van der Waals surface area contributed by atoms with Crippen molar-refractivity contribution in [2.45, 2.75) is 32.4 Å². The fraction of sp³-hybridized carbons (Fsp3) is 0.667. The number of hydrogen-bond donors (Lipinski definition) is 1. The highest BCUT2D eigenvalue weighted by molar-refractivity contribution is 5.75. The van der Waals surface area contributed by atoms with Crippen molar-refractivity contribution in [3.63, 3.8) is 0 Å². The summed E-state index contributed by atoms with van der Waals surface area (Å²) in [7, 11) is 1.37. The average Bonchev–Trinajstić information content (AvgIpc) is 2.12. The summed E-state index contributed by atoms with van der Waals surface area (Å²) in [6.45, 7) is 3.73. The topological polar surface area (TPSA) is 38.3 Å². The Kier molecular flexibility index (Phi) is 5.14. The third-order valence-corrected chi connectivity index (χ3v) is 1.60.